The van der Waals surface area contributed by atoms with Crippen LogP contribution in [0.3, 0.4) is 0 Å². The highest BCUT2D eigenvalue weighted by Gasteiger charge is 2.12. The Kier molecular flexibility index (Phi) is 1.51. The molecule has 0 fully saturated rings. The second-order valence-corrected chi connectivity index (χ2v) is 3.13. The van der Waals surface area contributed by atoms with E-state index >= 15 is 0 Å². The number of hydrogen-bond donors (Lipinski definition) is 0. The van der Waals surface area contributed by atoms with Gasteiger partial charge in [0.25, 0.3) is 5.91 Å². The molecule has 0 saturated heterocycles. The third-order valence-corrected chi connectivity index (χ3v) is 2.16. The van der Waals surface area contributed by atoms with E-state index in [2.05, 4.69) is 4.99 Å². The van der Waals surface area contributed by atoms with E-state index in [0.29, 0.717) is 5.36 Å². The fraction of sp³-hybridized carbons (Fsp3) is 0.111. The number of aryl methyl sites for hydroxylation is 1. The summed E-state index contributed by atoms with van der Waals surface area (Å²) in [4.78, 5) is 14.8. The van der Waals surface area contributed by atoms with E-state index in [1.165, 1.54) is 0 Å². The number of fused-ring (bicyclic) bond motifs is 1. The molecule has 1 aliphatic rings. The van der Waals surface area contributed by atoms with Crippen LogP contribution < -0.4 is 10.6 Å². The molecule has 1 aliphatic heterocycles. The lowest BCUT2D eigenvalue weighted by Crippen LogP contribution is -2.21. The van der Waals surface area contributed by atoms with Gasteiger partial charge in [0.1, 0.15) is 5.03 Å². The van der Waals surface area contributed by atoms with Crippen LogP contribution in [0.1, 0.15) is 5.56 Å². The standard InChI is InChI=1S/C9H6ClNO/c1-5-2-3-6-7(4-5)11-9(12)8(6)10/h2-4H,1H3. The fourth-order valence-electron chi connectivity index (χ4n) is 1.19. The summed E-state index contributed by atoms with van der Waals surface area (Å²) in [7, 11) is 0. The molecule has 1 aromatic carbocycles. The van der Waals surface area contributed by atoms with Crippen molar-refractivity contribution in [3.63, 3.8) is 0 Å². The SMILES string of the molecule is Cc1ccc2c(c1)=NC(=O)C=2Cl. The molecule has 1 aromatic rings. The first kappa shape index (κ1) is 7.50. The number of benzene rings is 1. The van der Waals surface area contributed by atoms with Crippen molar-refractivity contribution in [1.82, 2.24) is 0 Å². The second-order valence-electron chi connectivity index (χ2n) is 2.75. The van der Waals surface area contributed by atoms with Crippen LogP contribution in [0.15, 0.2) is 23.2 Å². The lowest BCUT2D eigenvalue weighted by atomic mass is 10.2. The third kappa shape index (κ3) is 0.959. The molecule has 0 radical (unpaired) electrons. The van der Waals surface area contributed by atoms with Gasteiger partial charge in [0.15, 0.2) is 0 Å². The Labute approximate surface area is 74.2 Å². The molecule has 0 aliphatic carbocycles. The van der Waals surface area contributed by atoms with Crippen LogP contribution in [0.25, 0.3) is 5.03 Å². The summed E-state index contributed by atoms with van der Waals surface area (Å²) in [6.45, 7) is 1.95. The van der Waals surface area contributed by atoms with Crippen LogP contribution in [0.5, 0.6) is 0 Å². The van der Waals surface area contributed by atoms with E-state index < -0.39 is 0 Å². The molecule has 0 aromatic heterocycles. The molecule has 0 N–H and O–H groups in total. The first-order valence-corrected chi connectivity index (χ1v) is 3.96. The second kappa shape index (κ2) is 2.42. The Balaban J connectivity index is 2.94. The Bertz CT molecular complexity index is 476. The number of amides is 1. The summed E-state index contributed by atoms with van der Waals surface area (Å²) in [6, 6.07) is 5.58. The predicted molar refractivity (Wildman–Crippen MR) is 46.2 cm³/mol. The van der Waals surface area contributed by atoms with E-state index in [4.69, 9.17) is 11.6 Å². The Morgan fingerprint density at radius 1 is 1.42 bits per heavy atom. The highest BCUT2D eigenvalue weighted by atomic mass is 35.5. The maximum Gasteiger partial charge on any atom is 0.289 e. The Morgan fingerprint density at radius 3 is 2.92 bits per heavy atom. The average Bonchev–Trinajstić information content (AvgIpc) is 2.28. The van der Waals surface area contributed by atoms with E-state index in [1.807, 2.05) is 25.1 Å². The van der Waals surface area contributed by atoms with Gasteiger partial charge in [-0.1, -0.05) is 23.7 Å². The monoisotopic (exact) mass is 179 g/mol. The molecule has 1 amide bonds. The van der Waals surface area contributed by atoms with E-state index in [0.717, 1.165) is 10.8 Å². The zero-order valence-corrected chi connectivity index (χ0v) is 7.22. The highest BCUT2D eigenvalue weighted by molar-refractivity contribution is 6.61. The predicted octanol–water partition coefficient (Wildman–Crippen LogP) is 0.502. The van der Waals surface area contributed by atoms with Gasteiger partial charge in [0, 0.05) is 5.22 Å². The third-order valence-electron chi connectivity index (χ3n) is 1.80. The van der Waals surface area contributed by atoms with Crippen LogP contribution in [-0.2, 0) is 4.79 Å². The molecular weight excluding hydrogens is 174 g/mol. The van der Waals surface area contributed by atoms with Crippen molar-refractivity contribution in [2.24, 2.45) is 4.99 Å². The maximum atomic E-state index is 11.0. The lowest BCUT2D eigenvalue weighted by molar-refractivity contribution is -0.112. The zero-order chi connectivity index (χ0) is 8.72. The zero-order valence-electron chi connectivity index (χ0n) is 6.47. The summed E-state index contributed by atoms with van der Waals surface area (Å²) in [5.41, 5.74) is 1.08. The van der Waals surface area contributed by atoms with Gasteiger partial charge in [-0.3, -0.25) is 4.79 Å². The minimum atomic E-state index is -0.336. The number of hydrogen-bond acceptors (Lipinski definition) is 1. The lowest BCUT2D eigenvalue weighted by Gasteiger charge is -1.87. The van der Waals surface area contributed by atoms with Crippen LogP contribution in [0.2, 0.25) is 0 Å². The summed E-state index contributed by atoms with van der Waals surface area (Å²) in [5, 5.41) is 1.65. The molecule has 2 nitrogen and oxygen atoms in total. The van der Waals surface area contributed by atoms with E-state index in [-0.39, 0.29) is 10.9 Å². The van der Waals surface area contributed by atoms with Crippen molar-refractivity contribution in [3.05, 3.63) is 34.3 Å². The highest BCUT2D eigenvalue weighted by Crippen LogP contribution is 2.04. The van der Waals surface area contributed by atoms with E-state index in [9.17, 15) is 4.79 Å². The fourth-order valence-corrected chi connectivity index (χ4v) is 1.40. The van der Waals surface area contributed by atoms with Gasteiger partial charge in [-0.15, -0.1) is 0 Å². The van der Waals surface area contributed by atoms with Gasteiger partial charge in [0.2, 0.25) is 0 Å². The number of carbonyl (C=O) groups excluding carboxylic acids is 1. The molecule has 0 saturated carbocycles. The molecule has 1 heterocycles. The summed E-state index contributed by atoms with van der Waals surface area (Å²) >= 11 is 5.72. The molecule has 0 atom stereocenters. The number of nitrogens with zero attached hydrogens (tertiary/aromatic N) is 1. The normalized spacial score (nSPS) is 14.5. The number of carbonyl (C=O) groups is 1. The molecule has 60 valence electrons. The van der Waals surface area contributed by atoms with Crippen molar-refractivity contribution in [2.45, 2.75) is 6.92 Å². The van der Waals surface area contributed by atoms with E-state index in [1.54, 1.807) is 0 Å². The molecule has 3 heteroatoms. The van der Waals surface area contributed by atoms with Crippen molar-refractivity contribution in [1.29, 1.82) is 0 Å². The summed E-state index contributed by atoms with van der Waals surface area (Å²) in [5.74, 6) is -0.336. The molecule has 0 spiro atoms. The topological polar surface area (TPSA) is 29.4 Å². The summed E-state index contributed by atoms with van der Waals surface area (Å²) < 4.78 is 0. The van der Waals surface area contributed by atoms with Gasteiger partial charge in [-0.25, -0.2) is 4.99 Å². The van der Waals surface area contributed by atoms with Crippen LogP contribution in [-0.4, -0.2) is 5.91 Å². The molecule has 2 rings (SSSR count). The van der Waals surface area contributed by atoms with Gasteiger partial charge >= 0.3 is 0 Å². The van der Waals surface area contributed by atoms with Gasteiger partial charge < -0.3 is 0 Å². The number of halogens is 1. The van der Waals surface area contributed by atoms with Crippen molar-refractivity contribution in [3.8, 4) is 0 Å². The summed E-state index contributed by atoms with van der Waals surface area (Å²) in [6.07, 6.45) is 0. The maximum absolute atomic E-state index is 11.0. The molecule has 0 unspecified atom stereocenters. The first-order valence-electron chi connectivity index (χ1n) is 3.58. The smallest absolute Gasteiger partial charge is 0.266 e. The molecule has 0 bridgehead atoms. The van der Waals surface area contributed by atoms with Crippen molar-refractivity contribution in [2.75, 3.05) is 0 Å². The number of rotatable bonds is 0. The Morgan fingerprint density at radius 2 is 2.17 bits per heavy atom. The van der Waals surface area contributed by atoms with Crippen LogP contribution in [0.4, 0.5) is 0 Å². The minimum Gasteiger partial charge on any atom is -0.266 e. The quantitative estimate of drug-likeness (QED) is 0.571. The first-order chi connectivity index (χ1) is 5.68. The van der Waals surface area contributed by atoms with Gasteiger partial charge in [-0.05, 0) is 18.6 Å². The van der Waals surface area contributed by atoms with Crippen molar-refractivity contribution < 1.29 is 4.79 Å². The molecular formula is C9H6ClNO. The molecule has 12 heavy (non-hydrogen) atoms. The average molecular weight is 180 g/mol. The largest absolute Gasteiger partial charge is 0.289 e. The van der Waals surface area contributed by atoms with Crippen LogP contribution in [0, 0.1) is 6.92 Å². The Hall–Kier alpha value is -1.15. The van der Waals surface area contributed by atoms with Crippen LogP contribution >= 0.6 is 11.6 Å². The van der Waals surface area contributed by atoms with Crippen molar-refractivity contribution >= 4 is 22.5 Å². The minimum absolute atomic E-state index is 0.227. The van der Waals surface area contributed by atoms with Gasteiger partial charge in [-0.2, -0.15) is 0 Å². The van der Waals surface area contributed by atoms with Gasteiger partial charge in [0.05, 0.1) is 5.36 Å².